The summed E-state index contributed by atoms with van der Waals surface area (Å²) < 4.78 is 9.49. The zero-order valence-electron chi connectivity index (χ0n) is 22.0. The second-order valence-corrected chi connectivity index (χ2v) is 10.5. The molecule has 2 aromatic carbocycles. The molecular formula is C31H32ClN5O2. The van der Waals surface area contributed by atoms with Gasteiger partial charge in [0.25, 0.3) is 5.56 Å². The van der Waals surface area contributed by atoms with Crippen molar-refractivity contribution in [3.8, 4) is 5.88 Å². The van der Waals surface area contributed by atoms with Crippen LogP contribution in [0.4, 0.5) is 0 Å². The van der Waals surface area contributed by atoms with Crippen molar-refractivity contribution in [3.05, 3.63) is 112 Å². The highest BCUT2D eigenvalue weighted by molar-refractivity contribution is 6.30. The van der Waals surface area contributed by atoms with Crippen LogP contribution in [-0.2, 0) is 7.05 Å². The van der Waals surface area contributed by atoms with E-state index in [2.05, 4.69) is 52.3 Å². The van der Waals surface area contributed by atoms with Crippen LogP contribution in [-0.4, -0.2) is 63.1 Å². The largest absolute Gasteiger partial charge is 0.478 e. The number of nitrogens with zero attached hydrogens (tertiary/aromatic N) is 5. The first-order valence-electron chi connectivity index (χ1n) is 13.4. The average Bonchev–Trinajstić information content (AvgIpc) is 3.47. The molecule has 1 aliphatic heterocycles. The fraction of sp³-hybridized carbons (Fsp3) is 0.290. The first-order valence-corrected chi connectivity index (χ1v) is 13.8. The number of pyridine rings is 1. The number of hydrogen-bond acceptors (Lipinski definition) is 5. The number of piperazine rings is 1. The maximum Gasteiger partial charge on any atom is 0.275 e. The van der Waals surface area contributed by atoms with Gasteiger partial charge in [-0.25, -0.2) is 0 Å². The molecule has 6 rings (SSSR count). The van der Waals surface area contributed by atoms with E-state index < -0.39 is 0 Å². The third kappa shape index (κ3) is 5.30. The van der Waals surface area contributed by atoms with Gasteiger partial charge in [-0.3, -0.25) is 14.1 Å². The van der Waals surface area contributed by atoms with E-state index in [1.807, 2.05) is 47.0 Å². The van der Waals surface area contributed by atoms with Gasteiger partial charge in [-0.2, -0.15) is 4.98 Å². The molecule has 8 heteroatoms. The molecular weight excluding hydrogens is 510 g/mol. The lowest BCUT2D eigenvalue weighted by Gasteiger charge is -2.39. The molecule has 0 bridgehead atoms. The van der Waals surface area contributed by atoms with Gasteiger partial charge >= 0.3 is 0 Å². The van der Waals surface area contributed by atoms with Gasteiger partial charge in [-0.05, 0) is 47.9 Å². The van der Waals surface area contributed by atoms with Crippen molar-refractivity contribution < 1.29 is 4.74 Å². The van der Waals surface area contributed by atoms with Gasteiger partial charge in [0.1, 0.15) is 5.52 Å². The number of benzene rings is 2. The van der Waals surface area contributed by atoms with Gasteiger partial charge in [0.05, 0.1) is 18.2 Å². The Morgan fingerprint density at radius 3 is 2.38 bits per heavy atom. The molecule has 4 heterocycles. The van der Waals surface area contributed by atoms with E-state index in [9.17, 15) is 4.79 Å². The molecule has 1 unspecified atom stereocenters. The van der Waals surface area contributed by atoms with E-state index in [0.717, 1.165) is 55.3 Å². The molecule has 7 nitrogen and oxygen atoms in total. The van der Waals surface area contributed by atoms with Crippen LogP contribution >= 0.6 is 11.6 Å². The number of aromatic nitrogens is 3. The first kappa shape index (κ1) is 25.6. The highest BCUT2D eigenvalue weighted by Gasteiger charge is 2.26. The predicted octanol–water partition coefficient (Wildman–Crippen LogP) is 5.02. The fourth-order valence-corrected chi connectivity index (χ4v) is 5.69. The Balaban J connectivity index is 1.05. The van der Waals surface area contributed by atoms with Crippen LogP contribution in [0.3, 0.4) is 0 Å². The van der Waals surface area contributed by atoms with Crippen LogP contribution in [0.2, 0.25) is 5.02 Å². The molecule has 1 saturated heterocycles. The van der Waals surface area contributed by atoms with Gasteiger partial charge in [-0.15, -0.1) is 0 Å². The Morgan fingerprint density at radius 1 is 0.872 bits per heavy atom. The molecule has 0 radical (unpaired) electrons. The maximum atomic E-state index is 12.5. The summed E-state index contributed by atoms with van der Waals surface area (Å²) in [7, 11) is 1.77. The monoisotopic (exact) mass is 541 g/mol. The lowest BCUT2D eigenvalue weighted by Crippen LogP contribution is -2.48. The Hall–Kier alpha value is -3.65. The minimum Gasteiger partial charge on any atom is -0.478 e. The highest BCUT2D eigenvalue weighted by Crippen LogP contribution is 2.30. The van der Waals surface area contributed by atoms with Crippen LogP contribution in [0.15, 0.2) is 89.9 Å². The molecule has 1 aliphatic rings. The molecule has 0 aliphatic carbocycles. The predicted molar refractivity (Wildman–Crippen MR) is 156 cm³/mol. The summed E-state index contributed by atoms with van der Waals surface area (Å²) in [5.41, 5.74) is 4.65. The third-order valence-electron chi connectivity index (χ3n) is 7.63. The summed E-state index contributed by atoms with van der Waals surface area (Å²) in [5.74, 6) is 0.578. The van der Waals surface area contributed by atoms with Gasteiger partial charge in [0.2, 0.25) is 5.88 Å². The summed E-state index contributed by atoms with van der Waals surface area (Å²) in [4.78, 5) is 22.3. The Morgan fingerprint density at radius 2 is 1.62 bits per heavy atom. The molecule has 200 valence electrons. The average molecular weight is 542 g/mol. The SMILES string of the molecule is Cn1c(=O)c2cccn2c2nc(OCCCN3CCN(C(c4ccccc4)c4ccc(Cl)cc4)CC3)ccc21. The maximum absolute atomic E-state index is 12.5. The van der Waals surface area contributed by atoms with Crippen molar-refractivity contribution >= 4 is 28.3 Å². The van der Waals surface area contributed by atoms with Crippen molar-refractivity contribution in [1.82, 2.24) is 23.8 Å². The zero-order chi connectivity index (χ0) is 26.8. The van der Waals surface area contributed by atoms with Gasteiger partial charge in [0, 0.05) is 57.1 Å². The van der Waals surface area contributed by atoms with E-state index in [1.165, 1.54) is 11.1 Å². The smallest absolute Gasteiger partial charge is 0.275 e. The molecule has 1 fully saturated rings. The normalized spacial score (nSPS) is 15.6. The fourth-order valence-electron chi connectivity index (χ4n) is 5.57. The van der Waals surface area contributed by atoms with E-state index in [4.69, 9.17) is 21.3 Å². The number of hydrogen-bond donors (Lipinski definition) is 0. The number of rotatable bonds is 8. The van der Waals surface area contributed by atoms with Crippen molar-refractivity contribution in [3.63, 3.8) is 0 Å². The number of fused-ring (bicyclic) bond motifs is 3. The third-order valence-corrected chi connectivity index (χ3v) is 7.88. The lowest BCUT2D eigenvalue weighted by atomic mass is 9.96. The quantitative estimate of drug-likeness (QED) is 0.258. The standard InChI is InChI=1S/C31H32ClN5O2/c1-34-26-14-15-28(33-30(26)37-17-5-9-27(37)31(34)38)39-22-6-16-35-18-20-36(21-19-35)29(23-7-3-2-4-8-23)24-10-12-25(32)13-11-24/h2-5,7-15,17,29H,6,16,18-22H2,1H3. The first-order chi connectivity index (χ1) is 19.1. The molecule has 0 spiro atoms. The van der Waals surface area contributed by atoms with Gasteiger partial charge in [-0.1, -0.05) is 54.1 Å². The second-order valence-electron chi connectivity index (χ2n) is 10.1. The van der Waals surface area contributed by atoms with Crippen LogP contribution in [0, 0.1) is 0 Å². The molecule has 0 saturated carbocycles. The van der Waals surface area contributed by atoms with Crippen LogP contribution < -0.4 is 10.3 Å². The topological polar surface area (TPSA) is 55.0 Å². The summed E-state index contributed by atoms with van der Waals surface area (Å²) in [6, 6.07) is 26.6. The Kier molecular flexibility index (Phi) is 7.37. The number of aryl methyl sites for hydroxylation is 1. The number of halogens is 1. The molecule has 1 atom stereocenters. The molecule has 39 heavy (non-hydrogen) atoms. The van der Waals surface area contributed by atoms with Crippen LogP contribution in [0.25, 0.3) is 16.7 Å². The zero-order valence-corrected chi connectivity index (χ0v) is 22.8. The molecule has 0 N–H and O–H groups in total. The summed E-state index contributed by atoms with van der Waals surface area (Å²) in [5, 5.41) is 0.764. The van der Waals surface area contributed by atoms with Crippen LogP contribution in [0.5, 0.6) is 5.88 Å². The van der Waals surface area contributed by atoms with Crippen molar-refractivity contribution in [1.29, 1.82) is 0 Å². The van der Waals surface area contributed by atoms with Gasteiger partial charge < -0.3 is 14.2 Å². The van der Waals surface area contributed by atoms with Crippen molar-refractivity contribution in [2.45, 2.75) is 12.5 Å². The lowest BCUT2D eigenvalue weighted by molar-refractivity contribution is 0.105. The minimum absolute atomic E-state index is 0.0358. The van der Waals surface area contributed by atoms with Crippen LogP contribution in [0.1, 0.15) is 23.6 Å². The number of ether oxygens (including phenoxy) is 1. The molecule has 0 amide bonds. The van der Waals surface area contributed by atoms with E-state index in [0.29, 0.717) is 18.0 Å². The van der Waals surface area contributed by atoms with E-state index in [1.54, 1.807) is 11.6 Å². The molecule has 3 aromatic heterocycles. The summed E-state index contributed by atoms with van der Waals surface area (Å²) >= 11 is 6.17. The van der Waals surface area contributed by atoms with E-state index in [-0.39, 0.29) is 11.6 Å². The highest BCUT2D eigenvalue weighted by atomic mass is 35.5. The Labute approximate surface area is 232 Å². The van der Waals surface area contributed by atoms with Crippen molar-refractivity contribution in [2.24, 2.45) is 7.05 Å². The van der Waals surface area contributed by atoms with Gasteiger partial charge in [0.15, 0.2) is 5.65 Å². The summed E-state index contributed by atoms with van der Waals surface area (Å²) in [6.45, 7) is 5.61. The molecule has 5 aromatic rings. The summed E-state index contributed by atoms with van der Waals surface area (Å²) in [6.07, 6.45) is 2.79. The van der Waals surface area contributed by atoms with E-state index >= 15 is 0 Å². The Bertz CT molecular complexity index is 1620. The minimum atomic E-state index is -0.0358. The van der Waals surface area contributed by atoms with Crippen molar-refractivity contribution in [2.75, 3.05) is 39.3 Å². The second kappa shape index (κ2) is 11.2.